The maximum absolute atomic E-state index is 13.5. The number of nitrogens with one attached hydrogen (secondary N) is 4. The molecule has 0 saturated heterocycles. The molecule has 5 unspecified atom stereocenters. The van der Waals surface area contributed by atoms with E-state index in [9.17, 15) is 28.8 Å². The topological polar surface area (TPSA) is 181 Å². The van der Waals surface area contributed by atoms with Crippen LogP contribution in [0.2, 0.25) is 0 Å². The van der Waals surface area contributed by atoms with Crippen LogP contribution in [-0.4, -0.2) is 63.1 Å². The Morgan fingerprint density at radius 1 is 1.09 bits per heavy atom. The highest BCUT2D eigenvalue weighted by atomic mass is 16.2. The lowest BCUT2D eigenvalue weighted by Crippen LogP contribution is -2.47. The monoisotopic (exact) mass is 641 g/mol. The molecule has 7 rings (SSSR count). The third kappa shape index (κ3) is 6.38. The number of hydrogen-bond donors (Lipinski definition) is 4. The molecule has 0 aliphatic heterocycles. The fourth-order valence-corrected chi connectivity index (χ4v) is 8.25. The van der Waals surface area contributed by atoms with Gasteiger partial charge in [-0.3, -0.25) is 33.8 Å². The lowest BCUT2D eigenvalue weighted by atomic mass is 9.74. The third-order valence-electron chi connectivity index (χ3n) is 10.4. The van der Waals surface area contributed by atoms with Gasteiger partial charge in [0.1, 0.15) is 24.0 Å². The molecule has 13 heteroatoms. The molecule has 4 bridgehead atoms. The smallest absolute Gasteiger partial charge is 0.287 e. The Morgan fingerprint density at radius 3 is 2.70 bits per heavy atom. The molecular formula is C34H39N7O6. The first kappa shape index (κ1) is 32.0. The third-order valence-corrected chi connectivity index (χ3v) is 10.4. The van der Waals surface area contributed by atoms with Gasteiger partial charge in [0.25, 0.3) is 17.4 Å². The van der Waals surface area contributed by atoms with Crippen molar-refractivity contribution in [3.05, 3.63) is 65.0 Å². The number of hydrogen-bond acceptors (Lipinski definition) is 8. The van der Waals surface area contributed by atoms with Crippen molar-refractivity contribution in [2.75, 3.05) is 12.4 Å². The molecule has 4 aliphatic rings. The Balaban J connectivity index is 1.14. The van der Waals surface area contributed by atoms with Gasteiger partial charge in [-0.25, -0.2) is 4.98 Å². The second-order valence-corrected chi connectivity index (χ2v) is 13.1. The fourth-order valence-electron chi connectivity index (χ4n) is 8.25. The molecule has 4 N–H and O–H groups in total. The summed E-state index contributed by atoms with van der Waals surface area (Å²) in [6, 6.07) is 6.57. The van der Waals surface area contributed by atoms with E-state index in [1.54, 1.807) is 24.4 Å². The largest absolute Gasteiger partial charge is 0.353 e. The highest BCUT2D eigenvalue weighted by Gasteiger charge is 2.61. The summed E-state index contributed by atoms with van der Waals surface area (Å²) in [6.45, 7) is 2.04. The second kappa shape index (κ2) is 13.0. The Labute approximate surface area is 271 Å². The van der Waals surface area contributed by atoms with Gasteiger partial charge >= 0.3 is 0 Å². The molecule has 4 fully saturated rings. The molecule has 4 amide bonds. The minimum absolute atomic E-state index is 0.0284. The quantitative estimate of drug-likeness (QED) is 0.217. The van der Waals surface area contributed by atoms with Gasteiger partial charge < -0.3 is 25.8 Å². The molecule has 13 nitrogen and oxygen atoms in total. The maximum Gasteiger partial charge on any atom is 0.287 e. The summed E-state index contributed by atoms with van der Waals surface area (Å²) in [5, 5.41) is 11.3. The summed E-state index contributed by atoms with van der Waals surface area (Å²) in [6.07, 6.45) is 9.89. The van der Waals surface area contributed by atoms with Crippen molar-refractivity contribution in [2.24, 2.45) is 23.2 Å². The van der Waals surface area contributed by atoms with Gasteiger partial charge in [0.15, 0.2) is 0 Å². The number of anilines is 1. The number of likely N-dealkylation sites (N-methyl/N-ethyl adjacent to an activating group) is 1. The molecule has 246 valence electrons. The van der Waals surface area contributed by atoms with E-state index in [1.807, 2.05) is 0 Å². The van der Waals surface area contributed by atoms with Crippen molar-refractivity contribution in [1.82, 2.24) is 30.5 Å². The molecule has 3 heterocycles. The number of carbonyl (C=O) groups is 5. The normalized spacial score (nSPS) is 24.5. The molecule has 4 aliphatic carbocycles. The molecule has 0 spiro atoms. The van der Waals surface area contributed by atoms with Crippen molar-refractivity contribution in [2.45, 2.75) is 70.5 Å². The molecule has 0 radical (unpaired) electrons. The van der Waals surface area contributed by atoms with E-state index in [0.29, 0.717) is 22.8 Å². The van der Waals surface area contributed by atoms with Crippen molar-refractivity contribution in [3.8, 4) is 0 Å². The summed E-state index contributed by atoms with van der Waals surface area (Å²) < 4.78 is 1.24. The predicted octanol–water partition coefficient (Wildman–Crippen LogP) is 1.95. The summed E-state index contributed by atoms with van der Waals surface area (Å²) in [7, 11) is 1.32. The van der Waals surface area contributed by atoms with Crippen LogP contribution in [0.5, 0.6) is 0 Å². The zero-order valence-corrected chi connectivity index (χ0v) is 26.5. The number of Topliss-reactive ketones (excluding diaryl/α,β-unsaturated/α-hetero) is 1. The van der Waals surface area contributed by atoms with Crippen LogP contribution in [-0.2, 0) is 25.7 Å². The summed E-state index contributed by atoms with van der Waals surface area (Å²) in [5.41, 5.74) is 0.189. The van der Waals surface area contributed by atoms with Crippen LogP contribution in [0.3, 0.4) is 0 Å². The van der Waals surface area contributed by atoms with E-state index in [-0.39, 0.29) is 42.7 Å². The zero-order valence-electron chi connectivity index (χ0n) is 26.5. The minimum Gasteiger partial charge on any atom is -0.353 e. The number of amides is 4. The van der Waals surface area contributed by atoms with Crippen molar-refractivity contribution in [1.29, 1.82) is 0 Å². The first-order valence-electron chi connectivity index (χ1n) is 16.2. The summed E-state index contributed by atoms with van der Waals surface area (Å²) >= 11 is 0. The van der Waals surface area contributed by atoms with Gasteiger partial charge in [-0.1, -0.05) is 13.3 Å². The highest BCUT2D eigenvalue weighted by molar-refractivity contribution is 6.36. The minimum atomic E-state index is -1.29. The standard InChI is InChI=1S/C34H39N7O6/c1-3-34-15-19-13-21(16-34)29(22(34)14-19)40-28(43)18-41-12-4-5-26(33(41)47)39-31(45)25(8-9-27(42)32(46)35-2)38-30(44)24-7-6-20-17-36-11-10-23(20)37-24/h4-7,10-12,17,19,21-22,25,29H,3,8-9,13-16,18H2,1-2H3,(H,35,46)(H,38,44)(H,39,45)(H,40,43)/t19?,21?,22?,25-,29?,34?/m0/s1. The van der Waals surface area contributed by atoms with Gasteiger partial charge in [0, 0.05) is 43.5 Å². The van der Waals surface area contributed by atoms with Crippen LogP contribution in [0.25, 0.3) is 10.9 Å². The van der Waals surface area contributed by atoms with Crippen LogP contribution in [0.1, 0.15) is 62.4 Å². The number of aromatic nitrogens is 3. The van der Waals surface area contributed by atoms with Crippen LogP contribution in [0, 0.1) is 23.2 Å². The molecule has 3 aromatic heterocycles. The fraction of sp³-hybridized carbons (Fsp3) is 0.471. The van der Waals surface area contributed by atoms with Crippen molar-refractivity contribution in [3.63, 3.8) is 0 Å². The molecular weight excluding hydrogens is 602 g/mol. The highest BCUT2D eigenvalue weighted by Crippen LogP contribution is 2.66. The number of carbonyl (C=O) groups excluding carboxylic acids is 5. The van der Waals surface area contributed by atoms with Gasteiger partial charge in [0.05, 0.1) is 5.52 Å². The lowest BCUT2D eigenvalue weighted by molar-refractivity contribution is -0.137. The molecule has 0 aromatic carbocycles. The average molecular weight is 642 g/mol. The van der Waals surface area contributed by atoms with Crippen molar-refractivity contribution >= 4 is 46.0 Å². The predicted molar refractivity (Wildman–Crippen MR) is 172 cm³/mol. The van der Waals surface area contributed by atoms with Gasteiger partial charge in [-0.05, 0) is 85.6 Å². The van der Waals surface area contributed by atoms with E-state index in [4.69, 9.17) is 0 Å². The van der Waals surface area contributed by atoms with Gasteiger partial charge in [-0.15, -0.1) is 0 Å². The van der Waals surface area contributed by atoms with Gasteiger partial charge in [-0.2, -0.15) is 0 Å². The molecule has 3 aromatic rings. The van der Waals surface area contributed by atoms with E-state index in [0.717, 1.165) is 37.0 Å². The first-order chi connectivity index (χ1) is 22.6. The Kier molecular flexibility index (Phi) is 8.89. The SMILES string of the molecule is CCC12CC3CC(C1)C(NC(=O)Cn1cccc(NC(=O)[C@H](CCC(=O)C(=O)NC)NC(=O)c4ccc5cnccc5n4)c1=O)C2C3. The van der Waals surface area contributed by atoms with E-state index < -0.39 is 35.1 Å². The lowest BCUT2D eigenvalue weighted by Gasteiger charge is -2.32. The number of ketones is 1. The Morgan fingerprint density at radius 2 is 1.91 bits per heavy atom. The summed E-state index contributed by atoms with van der Waals surface area (Å²) in [4.78, 5) is 85.6. The number of fused-ring (bicyclic) bond motifs is 1. The van der Waals surface area contributed by atoms with E-state index in [2.05, 4.69) is 38.2 Å². The molecule has 4 saturated carbocycles. The maximum atomic E-state index is 13.5. The number of nitrogens with zero attached hydrogens (tertiary/aromatic N) is 3. The van der Waals surface area contributed by atoms with E-state index >= 15 is 0 Å². The van der Waals surface area contributed by atoms with Crippen LogP contribution >= 0.6 is 0 Å². The number of rotatable bonds is 12. The Hall–Kier alpha value is -4.94. The average Bonchev–Trinajstić information content (AvgIpc) is 3.45. The molecule has 47 heavy (non-hydrogen) atoms. The van der Waals surface area contributed by atoms with Crippen LogP contribution in [0.15, 0.2) is 53.7 Å². The first-order valence-corrected chi connectivity index (χ1v) is 16.2. The number of pyridine rings is 3. The zero-order chi connectivity index (χ0) is 33.3. The summed E-state index contributed by atoms with van der Waals surface area (Å²) in [5.74, 6) is -1.58. The van der Waals surface area contributed by atoms with Gasteiger partial charge in [0.2, 0.25) is 17.6 Å². The van der Waals surface area contributed by atoms with Crippen LogP contribution in [0.4, 0.5) is 5.69 Å². The van der Waals surface area contributed by atoms with Crippen LogP contribution < -0.4 is 26.8 Å². The molecule has 6 atom stereocenters. The Bertz CT molecular complexity index is 1810. The van der Waals surface area contributed by atoms with Crippen molar-refractivity contribution < 1.29 is 24.0 Å². The second-order valence-electron chi connectivity index (χ2n) is 13.1. The van der Waals surface area contributed by atoms with E-state index in [1.165, 1.54) is 42.6 Å².